The predicted molar refractivity (Wildman–Crippen MR) is 56.7 cm³/mol. The molecule has 0 aromatic carbocycles. The van der Waals surface area contributed by atoms with Gasteiger partial charge in [-0.2, -0.15) is 0 Å². The normalized spacial score (nSPS) is 43.8. The second-order valence-electron chi connectivity index (χ2n) is 5.71. The van der Waals surface area contributed by atoms with Gasteiger partial charge in [0, 0.05) is 11.6 Å². The van der Waals surface area contributed by atoms with Gasteiger partial charge < -0.3 is 5.32 Å². The lowest BCUT2D eigenvalue weighted by Gasteiger charge is -2.33. The fourth-order valence-electron chi connectivity index (χ4n) is 3.36. The minimum absolute atomic E-state index is 0.513. The van der Waals surface area contributed by atoms with Crippen LogP contribution in [0, 0.1) is 17.8 Å². The third kappa shape index (κ3) is 1.32. The van der Waals surface area contributed by atoms with Crippen LogP contribution in [0.4, 0.5) is 0 Å². The molecule has 0 aliphatic carbocycles. The molecule has 2 saturated heterocycles. The third-order valence-electron chi connectivity index (χ3n) is 4.45. The van der Waals surface area contributed by atoms with Gasteiger partial charge in [0.05, 0.1) is 0 Å². The summed E-state index contributed by atoms with van der Waals surface area (Å²) in [5, 5.41) is 3.87. The molecule has 0 amide bonds. The summed E-state index contributed by atoms with van der Waals surface area (Å²) in [6, 6.07) is 0.836. The second kappa shape index (κ2) is 2.98. The summed E-state index contributed by atoms with van der Waals surface area (Å²) in [6.45, 7) is 9.50. The Hall–Kier alpha value is -0.0400. The zero-order chi connectivity index (χ0) is 9.64. The van der Waals surface area contributed by atoms with Crippen molar-refractivity contribution < 1.29 is 0 Å². The van der Waals surface area contributed by atoms with Gasteiger partial charge in [0.15, 0.2) is 0 Å². The topological polar surface area (TPSA) is 12.0 Å². The summed E-state index contributed by atoms with van der Waals surface area (Å²) in [7, 11) is 0. The van der Waals surface area contributed by atoms with Crippen molar-refractivity contribution >= 4 is 0 Å². The average Bonchev–Trinajstić information content (AvgIpc) is 2.60. The molecule has 0 aromatic rings. The number of fused-ring (bicyclic) bond motifs is 2. The first-order chi connectivity index (χ1) is 6.05. The van der Waals surface area contributed by atoms with E-state index in [1.165, 1.54) is 19.3 Å². The lowest BCUT2D eigenvalue weighted by Crippen LogP contribution is -2.41. The van der Waals surface area contributed by atoms with Crippen LogP contribution in [-0.2, 0) is 0 Å². The molecule has 3 atom stereocenters. The minimum Gasteiger partial charge on any atom is -0.308 e. The van der Waals surface area contributed by atoms with Crippen molar-refractivity contribution in [1.29, 1.82) is 0 Å². The average molecular weight is 181 g/mol. The van der Waals surface area contributed by atoms with Crippen molar-refractivity contribution in [2.24, 2.45) is 17.8 Å². The molecule has 76 valence electrons. The second-order valence-corrected chi connectivity index (χ2v) is 5.71. The first kappa shape index (κ1) is 9.51. The molecule has 2 bridgehead atoms. The number of hydrogen-bond acceptors (Lipinski definition) is 1. The van der Waals surface area contributed by atoms with Crippen molar-refractivity contribution in [1.82, 2.24) is 5.32 Å². The van der Waals surface area contributed by atoms with Crippen LogP contribution in [-0.4, -0.2) is 11.6 Å². The van der Waals surface area contributed by atoms with Crippen LogP contribution >= 0.6 is 0 Å². The van der Waals surface area contributed by atoms with Crippen LogP contribution in [0.25, 0.3) is 0 Å². The molecule has 1 nitrogen and oxygen atoms in total. The molecule has 0 radical (unpaired) electrons. The molecule has 2 heterocycles. The van der Waals surface area contributed by atoms with E-state index in [2.05, 4.69) is 33.0 Å². The summed E-state index contributed by atoms with van der Waals surface area (Å²) < 4.78 is 0. The zero-order valence-corrected chi connectivity index (χ0v) is 9.43. The van der Waals surface area contributed by atoms with E-state index >= 15 is 0 Å². The Morgan fingerprint density at radius 1 is 1.23 bits per heavy atom. The van der Waals surface area contributed by atoms with Crippen molar-refractivity contribution in [3.8, 4) is 0 Å². The van der Waals surface area contributed by atoms with E-state index in [1.807, 2.05) is 0 Å². The zero-order valence-electron chi connectivity index (χ0n) is 9.43. The largest absolute Gasteiger partial charge is 0.308 e. The van der Waals surface area contributed by atoms with Gasteiger partial charge in [-0.15, -0.1) is 0 Å². The molecule has 0 spiro atoms. The number of hydrogen-bond donors (Lipinski definition) is 1. The molecule has 0 aromatic heterocycles. The van der Waals surface area contributed by atoms with Gasteiger partial charge in [0.25, 0.3) is 0 Å². The lowest BCUT2D eigenvalue weighted by molar-refractivity contribution is 0.230. The SMILES string of the molecule is CC(C)C1CC2(C(C)C)CCC1N2. The minimum atomic E-state index is 0.513. The van der Waals surface area contributed by atoms with E-state index < -0.39 is 0 Å². The monoisotopic (exact) mass is 181 g/mol. The van der Waals surface area contributed by atoms with Crippen LogP contribution in [0.2, 0.25) is 0 Å². The Labute approximate surface area is 82.3 Å². The van der Waals surface area contributed by atoms with E-state index in [4.69, 9.17) is 0 Å². The Bertz CT molecular complexity index is 197. The van der Waals surface area contributed by atoms with E-state index in [1.54, 1.807) is 0 Å². The standard InChI is InChI=1S/C12H23N/c1-8(2)10-7-12(9(3)4)6-5-11(10)13-12/h8-11,13H,5-7H2,1-4H3. The van der Waals surface area contributed by atoms with Gasteiger partial charge in [-0.1, -0.05) is 27.7 Å². The quantitative estimate of drug-likeness (QED) is 0.690. The molecule has 13 heavy (non-hydrogen) atoms. The predicted octanol–water partition coefficient (Wildman–Crippen LogP) is 2.81. The highest BCUT2D eigenvalue weighted by molar-refractivity contribution is 5.10. The first-order valence-electron chi connectivity index (χ1n) is 5.83. The fraction of sp³-hybridized carbons (Fsp3) is 1.00. The van der Waals surface area contributed by atoms with Gasteiger partial charge in [0.2, 0.25) is 0 Å². The summed E-state index contributed by atoms with van der Waals surface area (Å²) in [6.07, 6.45) is 4.26. The lowest BCUT2D eigenvalue weighted by atomic mass is 9.72. The Kier molecular flexibility index (Phi) is 2.18. The van der Waals surface area contributed by atoms with Gasteiger partial charge in [-0.3, -0.25) is 0 Å². The molecule has 2 aliphatic rings. The molecule has 1 N–H and O–H groups in total. The van der Waals surface area contributed by atoms with Gasteiger partial charge in [-0.05, 0) is 37.0 Å². The van der Waals surface area contributed by atoms with Crippen LogP contribution in [0.1, 0.15) is 47.0 Å². The first-order valence-corrected chi connectivity index (χ1v) is 5.83. The summed E-state index contributed by atoms with van der Waals surface area (Å²) in [5.74, 6) is 2.61. The molecule has 2 aliphatic heterocycles. The molecule has 3 unspecified atom stereocenters. The van der Waals surface area contributed by atoms with Crippen LogP contribution in [0.5, 0.6) is 0 Å². The molecule has 2 rings (SSSR count). The van der Waals surface area contributed by atoms with Crippen molar-refractivity contribution in [2.75, 3.05) is 0 Å². The third-order valence-corrected chi connectivity index (χ3v) is 4.45. The van der Waals surface area contributed by atoms with Crippen molar-refractivity contribution in [3.63, 3.8) is 0 Å². The highest BCUT2D eigenvalue weighted by atomic mass is 15.1. The van der Waals surface area contributed by atoms with E-state index in [0.717, 1.165) is 23.8 Å². The van der Waals surface area contributed by atoms with Crippen molar-refractivity contribution in [2.45, 2.75) is 58.5 Å². The van der Waals surface area contributed by atoms with E-state index in [9.17, 15) is 0 Å². The molecule has 0 saturated carbocycles. The van der Waals surface area contributed by atoms with Gasteiger partial charge >= 0.3 is 0 Å². The maximum absolute atomic E-state index is 3.87. The van der Waals surface area contributed by atoms with Gasteiger partial charge in [0.1, 0.15) is 0 Å². The summed E-state index contributed by atoms with van der Waals surface area (Å²) in [5.41, 5.74) is 0.513. The smallest absolute Gasteiger partial charge is 0.0211 e. The summed E-state index contributed by atoms with van der Waals surface area (Å²) >= 11 is 0. The molecular weight excluding hydrogens is 158 g/mol. The maximum Gasteiger partial charge on any atom is 0.0211 e. The van der Waals surface area contributed by atoms with E-state index in [0.29, 0.717) is 5.54 Å². The van der Waals surface area contributed by atoms with Gasteiger partial charge in [-0.25, -0.2) is 0 Å². The highest BCUT2D eigenvalue weighted by Crippen LogP contribution is 2.47. The highest BCUT2D eigenvalue weighted by Gasteiger charge is 2.51. The maximum atomic E-state index is 3.87. The van der Waals surface area contributed by atoms with Crippen LogP contribution in [0.3, 0.4) is 0 Å². The van der Waals surface area contributed by atoms with Crippen LogP contribution < -0.4 is 5.32 Å². The van der Waals surface area contributed by atoms with Crippen LogP contribution in [0.15, 0.2) is 0 Å². The Morgan fingerprint density at radius 2 is 1.92 bits per heavy atom. The molecule has 1 heteroatoms. The summed E-state index contributed by atoms with van der Waals surface area (Å²) in [4.78, 5) is 0. The molecule has 2 fully saturated rings. The number of nitrogens with one attached hydrogen (secondary N) is 1. The fourth-order valence-corrected chi connectivity index (χ4v) is 3.36. The van der Waals surface area contributed by atoms with Crippen molar-refractivity contribution in [3.05, 3.63) is 0 Å². The Morgan fingerprint density at radius 3 is 2.31 bits per heavy atom. The Balaban J connectivity index is 2.13. The van der Waals surface area contributed by atoms with E-state index in [-0.39, 0.29) is 0 Å². The number of rotatable bonds is 2. The molecular formula is C12H23N.